The molecule has 0 spiro atoms. The molecule has 1 aliphatic carbocycles. The smallest absolute Gasteiger partial charge is 0.344 e. The summed E-state index contributed by atoms with van der Waals surface area (Å²) in [5.41, 5.74) is 0.867. The Hall–Kier alpha value is -1.93. The van der Waals surface area contributed by atoms with Crippen molar-refractivity contribution < 1.29 is 23.6 Å². The van der Waals surface area contributed by atoms with Gasteiger partial charge in [0.25, 0.3) is 5.91 Å². The lowest BCUT2D eigenvalue weighted by molar-refractivity contribution is -0.125. The molecule has 8 nitrogen and oxygen atoms in total. The summed E-state index contributed by atoms with van der Waals surface area (Å²) in [4.78, 5) is 27.1. The van der Waals surface area contributed by atoms with Crippen LogP contribution in [0.2, 0.25) is 0 Å². The summed E-state index contributed by atoms with van der Waals surface area (Å²) in [6.45, 7) is 7.11. The Balaban J connectivity index is 1.53. The topological polar surface area (TPSA) is 93.9 Å². The van der Waals surface area contributed by atoms with Crippen LogP contribution in [0.1, 0.15) is 60.8 Å². The monoisotopic (exact) mass is 393 g/mol. The lowest BCUT2D eigenvalue weighted by atomic mass is 9.79. The van der Waals surface area contributed by atoms with Gasteiger partial charge < -0.3 is 19.3 Å². The Kier molecular flexibility index (Phi) is 7.07. The fourth-order valence-electron chi connectivity index (χ4n) is 4.29. The number of rotatable bonds is 7. The molecule has 0 atom stereocenters. The number of hydrogen-bond donors (Lipinski definition) is 1. The summed E-state index contributed by atoms with van der Waals surface area (Å²) >= 11 is 0. The van der Waals surface area contributed by atoms with E-state index in [1.807, 2.05) is 6.92 Å². The van der Waals surface area contributed by atoms with E-state index in [9.17, 15) is 9.59 Å². The van der Waals surface area contributed by atoms with Crippen molar-refractivity contribution in [3.05, 3.63) is 17.0 Å². The molecule has 1 amide bonds. The highest BCUT2D eigenvalue weighted by Gasteiger charge is 2.38. The van der Waals surface area contributed by atoms with E-state index in [-0.39, 0.29) is 18.1 Å². The molecule has 8 heteroatoms. The zero-order chi connectivity index (χ0) is 20.0. The van der Waals surface area contributed by atoms with Crippen LogP contribution in [0.4, 0.5) is 0 Å². The number of nitrogens with one attached hydrogen (secondary N) is 1. The van der Waals surface area contributed by atoms with Gasteiger partial charge >= 0.3 is 5.97 Å². The highest BCUT2D eigenvalue weighted by molar-refractivity contribution is 5.93. The van der Waals surface area contributed by atoms with Crippen LogP contribution in [0.15, 0.2) is 4.52 Å². The second-order valence-corrected chi connectivity index (χ2v) is 7.65. The van der Waals surface area contributed by atoms with Crippen LogP contribution in [0, 0.1) is 6.92 Å². The van der Waals surface area contributed by atoms with E-state index >= 15 is 0 Å². The highest BCUT2D eigenvalue weighted by atomic mass is 16.5. The Bertz CT molecular complexity index is 675. The van der Waals surface area contributed by atoms with Gasteiger partial charge in [-0.25, -0.2) is 4.79 Å². The molecule has 0 radical (unpaired) electrons. The van der Waals surface area contributed by atoms with E-state index < -0.39 is 5.97 Å². The molecule has 3 rings (SSSR count). The van der Waals surface area contributed by atoms with Crippen molar-refractivity contribution in [3.8, 4) is 0 Å². The van der Waals surface area contributed by atoms with Crippen LogP contribution in [0.25, 0.3) is 0 Å². The average molecular weight is 393 g/mol. The number of ether oxygens (including phenoxy) is 2. The van der Waals surface area contributed by atoms with Crippen molar-refractivity contribution in [3.63, 3.8) is 0 Å². The second kappa shape index (κ2) is 9.52. The van der Waals surface area contributed by atoms with Gasteiger partial charge in [-0.15, -0.1) is 0 Å². The molecule has 156 valence electrons. The van der Waals surface area contributed by atoms with Gasteiger partial charge in [0.1, 0.15) is 11.3 Å². The van der Waals surface area contributed by atoms with Crippen molar-refractivity contribution >= 4 is 11.9 Å². The number of esters is 1. The van der Waals surface area contributed by atoms with Crippen molar-refractivity contribution in [2.45, 2.75) is 57.9 Å². The summed E-state index contributed by atoms with van der Waals surface area (Å²) in [5, 5.41) is 6.85. The zero-order valence-corrected chi connectivity index (χ0v) is 16.9. The van der Waals surface area contributed by atoms with Gasteiger partial charge in [-0.2, -0.15) is 0 Å². The number of aromatic nitrogens is 1. The van der Waals surface area contributed by atoms with Crippen molar-refractivity contribution in [2.75, 3.05) is 39.5 Å². The Morgan fingerprint density at radius 3 is 2.61 bits per heavy atom. The molecule has 2 aliphatic rings. The van der Waals surface area contributed by atoms with E-state index in [2.05, 4.69) is 15.4 Å². The third-order valence-corrected chi connectivity index (χ3v) is 5.89. The van der Waals surface area contributed by atoms with Gasteiger partial charge in [-0.3, -0.25) is 9.69 Å². The largest absolute Gasteiger partial charge is 0.452 e. The van der Waals surface area contributed by atoms with Crippen LogP contribution in [0.3, 0.4) is 0 Å². The normalized spacial score (nSPS) is 19.9. The molecule has 2 heterocycles. The summed E-state index contributed by atoms with van der Waals surface area (Å²) < 4.78 is 15.8. The molecular weight excluding hydrogens is 362 g/mol. The number of aryl methyl sites for hydroxylation is 2. The number of carbonyl (C=O) groups excluding carboxylic acids is 2. The first-order valence-corrected chi connectivity index (χ1v) is 10.3. The molecule has 1 aromatic rings. The minimum absolute atomic E-state index is 0.0118. The summed E-state index contributed by atoms with van der Waals surface area (Å²) in [5.74, 6) is -0.430. The lowest BCUT2D eigenvalue weighted by Crippen LogP contribution is -2.59. The molecule has 0 unspecified atom stereocenters. The van der Waals surface area contributed by atoms with Gasteiger partial charge in [0.05, 0.1) is 18.9 Å². The Labute approximate surface area is 165 Å². The van der Waals surface area contributed by atoms with E-state index in [4.69, 9.17) is 14.0 Å². The van der Waals surface area contributed by atoms with Crippen LogP contribution >= 0.6 is 0 Å². The molecule has 0 aromatic carbocycles. The third kappa shape index (κ3) is 4.72. The third-order valence-electron chi connectivity index (χ3n) is 5.89. The molecule has 0 bridgehead atoms. The molecule has 1 N–H and O–H groups in total. The minimum Gasteiger partial charge on any atom is -0.452 e. The summed E-state index contributed by atoms with van der Waals surface area (Å²) in [6, 6.07) is 0. The Morgan fingerprint density at radius 2 is 1.93 bits per heavy atom. The van der Waals surface area contributed by atoms with Crippen molar-refractivity contribution in [1.29, 1.82) is 0 Å². The fraction of sp³-hybridized carbons (Fsp3) is 0.750. The van der Waals surface area contributed by atoms with Crippen LogP contribution in [-0.4, -0.2) is 66.9 Å². The number of hydrogen-bond acceptors (Lipinski definition) is 7. The molecule has 28 heavy (non-hydrogen) atoms. The number of carbonyl (C=O) groups is 2. The standard InChI is InChI=1S/C20H31N3O5/c1-3-16-18(15(2)28-22-16)19(25)27-13-17(24)21-14-20(7-5-4-6-8-20)23-9-11-26-12-10-23/h3-14H2,1-2H3,(H,21,24). The summed E-state index contributed by atoms with van der Waals surface area (Å²) in [7, 11) is 0. The Morgan fingerprint density at radius 1 is 1.21 bits per heavy atom. The highest BCUT2D eigenvalue weighted by Crippen LogP contribution is 2.33. The SMILES string of the molecule is CCc1noc(C)c1C(=O)OCC(=O)NCC1(N2CCOCC2)CCCCC1. The second-order valence-electron chi connectivity index (χ2n) is 7.65. The fourth-order valence-corrected chi connectivity index (χ4v) is 4.29. The van der Waals surface area contributed by atoms with Crippen LogP contribution in [0.5, 0.6) is 0 Å². The molecule has 1 saturated carbocycles. The molecular formula is C20H31N3O5. The van der Waals surface area contributed by atoms with Gasteiger partial charge in [0.2, 0.25) is 0 Å². The lowest BCUT2D eigenvalue weighted by Gasteiger charge is -2.48. The van der Waals surface area contributed by atoms with Gasteiger partial charge in [-0.1, -0.05) is 31.3 Å². The average Bonchev–Trinajstić information content (AvgIpc) is 3.12. The van der Waals surface area contributed by atoms with Gasteiger partial charge in [0, 0.05) is 25.2 Å². The predicted octanol–water partition coefficient (Wildman–Crippen LogP) is 1.85. The first-order chi connectivity index (χ1) is 13.6. The molecule has 1 aliphatic heterocycles. The summed E-state index contributed by atoms with van der Waals surface area (Å²) in [6.07, 6.45) is 6.31. The molecule has 2 fully saturated rings. The van der Waals surface area contributed by atoms with E-state index in [1.54, 1.807) is 6.92 Å². The van der Waals surface area contributed by atoms with Gasteiger partial charge in [0.15, 0.2) is 6.61 Å². The van der Waals surface area contributed by atoms with E-state index in [1.165, 1.54) is 19.3 Å². The van der Waals surface area contributed by atoms with Crippen molar-refractivity contribution in [2.24, 2.45) is 0 Å². The first-order valence-electron chi connectivity index (χ1n) is 10.3. The van der Waals surface area contributed by atoms with Gasteiger partial charge in [-0.05, 0) is 26.2 Å². The number of amides is 1. The minimum atomic E-state index is -0.564. The zero-order valence-electron chi connectivity index (χ0n) is 16.9. The van der Waals surface area contributed by atoms with Crippen molar-refractivity contribution in [1.82, 2.24) is 15.4 Å². The number of nitrogens with zero attached hydrogens (tertiary/aromatic N) is 2. The molecule has 1 aromatic heterocycles. The van der Waals surface area contributed by atoms with Crippen LogP contribution < -0.4 is 5.32 Å². The van der Waals surface area contributed by atoms with E-state index in [0.29, 0.717) is 30.0 Å². The molecule has 1 saturated heterocycles. The maximum Gasteiger partial charge on any atom is 0.344 e. The number of morpholine rings is 1. The maximum absolute atomic E-state index is 12.4. The van der Waals surface area contributed by atoms with Crippen LogP contribution in [-0.2, 0) is 20.7 Å². The van der Waals surface area contributed by atoms with E-state index in [0.717, 1.165) is 39.1 Å². The maximum atomic E-state index is 12.4. The quantitative estimate of drug-likeness (QED) is 0.707. The first kappa shape index (κ1) is 20.8. The predicted molar refractivity (Wildman–Crippen MR) is 102 cm³/mol.